The fraction of sp³-hybridized carbons (Fsp3) is 0.833. The summed E-state index contributed by atoms with van der Waals surface area (Å²) in [6, 6.07) is -0.292. The molecule has 18 heavy (non-hydrogen) atoms. The lowest BCUT2D eigenvalue weighted by molar-refractivity contribution is -0.120. The van der Waals surface area contributed by atoms with Crippen LogP contribution in [0.25, 0.3) is 0 Å². The normalized spacial score (nSPS) is 17.3. The van der Waals surface area contributed by atoms with Gasteiger partial charge < -0.3 is 20.6 Å². The monoisotopic (exact) mass is 257 g/mol. The summed E-state index contributed by atoms with van der Waals surface area (Å²) in [7, 11) is 3.23. The zero-order chi connectivity index (χ0) is 13.6. The van der Waals surface area contributed by atoms with Gasteiger partial charge in [0.15, 0.2) is 0 Å². The lowest BCUT2D eigenvalue weighted by Crippen LogP contribution is -2.42. The van der Waals surface area contributed by atoms with E-state index in [2.05, 4.69) is 10.6 Å². The summed E-state index contributed by atoms with van der Waals surface area (Å²) >= 11 is 0. The van der Waals surface area contributed by atoms with Crippen LogP contribution in [-0.4, -0.2) is 54.7 Å². The van der Waals surface area contributed by atoms with Crippen LogP contribution in [0.15, 0.2) is 0 Å². The third kappa shape index (κ3) is 4.91. The highest BCUT2D eigenvalue weighted by Crippen LogP contribution is 2.31. The zero-order valence-corrected chi connectivity index (χ0v) is 11.2. The molecule has 0 aromatic heterocycles. The van der Waals surface area contributed by atoms with Crippen LogP contribution >= 0.6 is 0 Å². The van der Waals surface area contributed by atoms with E-state index in [0.29, 0.717) is 13.0 Å². The second-order valence-corrected chi connectivity index (χ2v) is 5.08. The molecule has 0 saturated heterocycles. The number of aliphatic hydroxyl groups is 1. The molecule has 1 rings (SSSR count). The van der Waals surface area contributed by atoms with E-state index in [1.807, 2.05) is 0 Å². The second kappa shape index (κ2) is 6.58. The van der Waals surface area contributed by atoms with E-state index in [-0.39, 0.29) is 18.5 Å². The zero-order valence-electron chi connectivity index (χ0n) is 11.2. The van der Waals surface area contributed by atoms with Gasteiger partial charge in [-0.3, -0.25) is 4.79 Å². The number of carbonyl (C=O) groups is 2. The molecular weight excluding hydrogens is 234 g/mol. The van der Waals surface area contributed by atoms with Crippen molar-refractivity contribution in [2.24, 2.45) is 0 Å². The van der Waals surface area contributed by atoms with Crippen molar-refractivity contribution in [3.63, 3.8) is 0 Å². The average molecular weight is 257 g/mol. The van der Waals surface area contributed by atoms with Gasteiger partial charge in [-0.1, -0.05) is 12.8 Å². The van der Waals surface area contributed by atoms with E-state index in [4.69, 9.17) is 0 Å². The van der Waals surface area contributed by atoms with Crippen LogP contribution in [-0.2, 0) is 4.79 Å². The predicted octanol–water partition coefficient (Wildman–Crippen LogP) is 0.0690. The van der Waals surface area contributed by atoms with Crippen molar-refractivity contribution in [1.82, 2.24) is 15.5 Å². The average Bonchev–Trinajstić information content (AvgIpc) is 2.73. The number of hydrogen-bond donors (Lipinski definition) is 3. The highest BCUT2D eigenvalue weighted by Gasteiger charge is 2.30. The van der Waals surface area contributed by atoms with E-state index >= 15 is 0 Å². The Bertz CT molecular complexity index is 299. The number of hydrogen-bond acceptors (Lipinski definition) is 3. The molecule has 0 bridgehead atoms. The van der Waals surface area contributed by atoms with Crippen LogP contribution in [0.2, 0.25) is 0 Å². The summed E-state index contributed by atoms with van der Waals surface area (Å²) in [6.45, 7) is 0.419. The van der Waals surface area contributed by atoms with Crippen LogP contribution in [0.4, 0.5) is 4.79 Å². The molecule has 6 nitrogen and oxygen atoms in total. The Balaban J connectivity index is 2.12. The van der Waals surface area contributed by atoms with Crippen LogP contribution in [0, 0.1) is 0 Å². The molecule has 0 unspecified atom stereocenters. The van der Waals surface area contributed by atoms with Crippen molar-refractivity contribution < 1.29 is 14.7 Å². The molecule has 104 valence electrons. The topological polar surface area (TPSA) is 81.7 Å². The van der Waals surface area contributed by atoms with Gasteiger partial charge in [0, 0.05) is 20.6 Å². The number of nitrogens with one attached hydrogen (secondary N) is 2. The van der Waals surface area contributed by atoms with Gasteiger partial charge in [-0.25, -0.2) is 4.79 Å². The number of rotatable bonds is 5. The minimum Gasteiger partial charge on any atom is -0.390 e. The Morgan fingerprint density at radius 1 is 1.22 bits per heavy atom. The van der Waals surface area contributed by atoms with Gasteiger partial charge in [-0.15, -0.1) is 0 Å². The number of urea groups is 1. The molecule has 0 radical (unpaired) electrons. The van der Waals surface area contributed by atoms with Gasteiger partial charge in [0.05, 0.1) is 12.1 Å². The molecule has 1 aliphatic carbocycles. The third-order valence-corrected chi connectivity index (χ3v) is 3.25. The van der Waals surface area contributed by atoms with Crippen molar-refractivity contribution in [3.05, 3.63) is 0 Å². The van der Waals surface area contributed by atoms with Crippen molar-refractivity contribution in [2.75, 3.05) is 27.2 Å². The molecule has 3 amide bonds. The van der Waals surface area contributed by atoms with E-state index in [0.717, 1.165) is 25.7 Å². The van der Waals surface area contributed by atoms with E-state index in [9.17, 15) is 14.7 Å². The fourth-order valence-corrected chi connectivity index (χ4v) is 2.09. The lowest BCUT2D eigenvalue weighted by atomic mass is 9.98. The molecule has 0 spiro atoms. The van der Waals surface area contributed by atoms with E-state index in [1.165, 1.54) is 4.90 Å². The standard InChI is InChI=1S/C12H23N3O3/c1-15(2)11(17)14-9-10(16)13-8-7-12(18)5-3-4-6-12/h18H,3-9H2,1-2H3,(H,13,16)(H,14,17). The SMILES string of the molecule is CN(C)C(=O)NCC(=O)NCCC1(O)CCCC1. The maximum atomic E-state index is 11.4. The lowest BCUT2D eigenvalue weighted by Gasteiger charge is -2.22. The van der Waals surface area contributed by atoms with Gasteiger partial charge in [0.1, 0.15) is 0 Å². The molecular formula is C12H23N3O3. The van der Waals surface area contributed by atoms with Gasteiger partial charge in [0.2, 0.25) is 5.91 Å². The highest BCUT2D eigenvalue weighted by atomic mass is 16.3. The molecule has 0 aliphatic heterocycles. The first kappa shape index (κ1) is 14.8. The summed E-state index contributed by atoms with van der Waals surface area (Å²) in [5, 5.41) is 15.2. The fourth-order valence-electron chi connectivity index (χ4n) is 2.09. The van der Waals surface area contributed by atoms with Gasteiger partial charge in [0.25, 0.3) is 0 Å². The van der Waals surface area contributed by atoms with Crippen molar-refractivity contribution in [2.45, 2.75) is 37.7 Å². The Kier molecular flexibility index (Phi) is 5.40. The van der Waals surface area contributed by atoms with Crippen LogP contribution in [0.1, 0.15) is 32.1 Å². The summed E-state index contributed by atoms with van der Waals surface area (Å²) in [4.78, 5) is 24.0. The van der Waals surface area contributed by atoms with Crippen LogP contribution < -0.4 is 10.6 Å². The van der Waals surface area contributed by atoms with Crippen molar-refractivity contribution in [3.8, 4) is 0 Å². The Morgan fingerprint density at radius 2 is 1.83 bits per heavy atom. The number of amides is 3. The second-order valence-electron chi connectivity index (χ2n) is 5.08. The Hall–Kier alpha value is -1.30. The molecule has 1 aliphatic rings. The molecule has 0 aromatic carbocycles. The minimum atomic E-state index is -0.597. The molecule has 3 N–H and O–H groups in total. The van der Waals surface area contributed by atoms with Crippen LogP contribution in [0.3, 0.4) is 0 Å². The number of nitrogens with zero attached hydrogens (tertiary/aromatic N) is 1. The molecule has 0 aromatic rings. The number of carbonyl (C=O) groups excluding carboxylic acids is 2. The third-order valence-electron chi connectivity index (χ3n) is 3.25. The smallest absolute Gasteiger partial charge is 0.317 e. The van der Waals surface area contributed by atoms with Crippen LogP contribution in [0.5, 0.6) is 0 Å². The Labute approximate surface area is 108 Å². The first-order valence-corrected chi connectivity index (χ1v) is 6.37. The van der Waals surface area contributed by atoms with E-state index in [1.54, 1.807) is 14.1 Å². The minimum absolute atomic E-state index is 0.0323. The summed E-state index contributed by atoms with van der Waals surface area (Å²) in [5.41, 5.74) is -0.597. The maximum absolute atomic E-state index is 11.4. The quantitative estimate of drug-likeness (QED) is 0.652. The van der Waals surface area contributed by atoms with Crippen molar-refractivity contribution >= 4 is 11.9 Å². The molecule has 1 fully saturated rings. The van der Waals surface area contributed by atoms with Gasteiger partial charge in [-0.2, -0.15) is 0 Å². The summed E-state index contributed by atoms with van der Waals surface area (Å²) in [5.74, 6) is -0.230. The summed E-state index contributed by atoms with van der Waals surface area (Å²) in [6.07, 6.45) is 4.34. The molecule has 1 saturated carbocycles. The highest BCUT2D eigenvalue weighted by molar-refractivity contribution is 5.83. The molecule has 0 heterocycles. The predicted molar refractivity (Wildman–Crippen MR) is 68.1 cm³/mol. The van der Waals surface area contributed by atoms with Gasteiger partial charge >= 0.3 is 6.03 Å². The maximum Gasteiger partial charge on any atom is 0.317 e. The molecule has 0 atom stereocenters. The first-order valence-electron chi connectivity index (χ1n) is 6.37. The van der Waals surface area contributed by atoms with E-state index < -0.39 is 5.60 Å². The first-order chi connectivity index (χ1) is 8.43. The Morgan fingerprint density at radius 3 is 2.39 bits per heavy atom. The van der Waals surface area contributed by atoms with Gasteiger partial charge in [-0.05, 0) is 19.3 Å². The molecule has 6 heteroatoms. The van der Waals surface area contributed by atoms with Crippen molar-refractivity contribution in [1.29, 1.82) is 0 Å². The summed E-state index contributed by atoms with van der Waals surface area (Å²) < 4.78 is 0. The largest absolute Gasteiger partial charge is 0.390 e.